The molecule has 2 aromatic rings. The number of nitrogens with zero attached hydrogens (tertiary/aromatic N) is 1. The first-order valence-corrected chi connectivity index (χ1v) is 8.53. The van der Waals surface area contributed by atoms with Crippen LogP contribution in [0.2, 0.25) is 0 Å². The normalized spacial score (nSPS) is 19.3. The average molecular weight is 354 g/mol. The Bertz CT molecular complexity index is 807. The fraction of sp³-hybridized carbons (Fsp3) is 0.300. The first-order chi connectivity index (χ1) is 12.4. The monoisotopic (exact) mass is 354 g/mol. The van der Waals surface area contributed by atoms with E-state index in [2.05, 4.69) is 5.32 Å². The zero-order valence-corrected chi connectivity index (χ0v) is 14.8. The van der Waals surface area contributed by atoms with Gasteiger partial charge in [-0.05, 0) is 37.6 Å². The van der Waals surface area contributed by atoms with E-state index in [1.807, 2.05) is 38.1 Å². The van der Waals surface area contributed by atoms with Crippen LogP contribution < -0.4 is 10.1 Å². The number of hydrogen-bond acceptors (Lipinski definition) is 4. The Morgan fingerprint density at radius 2 is 1.88 bits per heavy atom. The number of carbonyl (C=O) groups is 2. The van der Waals surface area contributed by atoms with Crippen molar-refractivity contribution < 1.29 is 19.4 Å². The third kappa shape index (κ3) is 4.03. The fourth-order valence-corrected chi connectivity index (χ4v) is 3.08. The van der Waals surface area contributed by atoms with E-state index >= 15 is 0 Å². The van der Waals surface area contributed by atoms with E-state index in [1.165, 1.54) is 4.90 Å². The van der Waals surface area contributed by atoms with E-state index < -0.39 is 18.2 Å². The minimum atomic E-state index is -0.776. The Morgan fingerprint density at radius 3 is 2.58 bits per heavy atom. The van der Waals surface area contributed by atoms with Crippen molar-refractivity contribution >= 4 is 17.7 Å². The van der Waals surface area contributed by atoms with Gasteiger partial charge in [-0.25, -0.2) is 4.79 Å². The van der Waals surface area contributed by atoms with Crippen molar-refractivity contribution in [3.8, 4) is 5.75 Å². The second-order valence-electron chi connectivity index (χ2n) is 6.55. The molecule has 6 nitrogen and oxygen atoms in total. The third-order valence-corrected chi connectivity index (χ3v) is 4.40. The van der Waals surface area contributed by atoms with Crippen molar-refractivity contribution in [1.82, 2.24) is 4.90 Å². The highest BCUT2D eigenvalue weighted by Gasteiger charge is 2.40. The van der Waals surface area contributed by atoms with Crippen molar-refractivity contribution in [2.24, 2.45) is 0 Å². The Labute approximate surface area is 152 Å². The molecule has 2 amide bonds. The van der Waals surface area contributed by atoms with Crippen molar-refractivity contribution in [2.45, 2.75) is 32.4 Å². The molecule has 136 valence electrons. The van der Waals surface area contributed by atoms with Crippen LogP contribution in [0.4, 0.5) is 10.5 Å². The summed E-state index contributed by atoms with van der Waals surface area (Å²) in [6.07, 6.45) is -1.22. The molecule has 2 atom stereocenters. The van der Waals surface area contributed by atoms with Crippen LogP contribution in [-0.2, 0) is 4.79 Å². The SMILES string of the molecule is Cc1ccc(NC(=O)[C@@H]2C[C@@H](O)CN2C(=O)Oc2ccccc2)c(C)c1. The molecule has 6 heteroatoms. The molecule has 2 N–H and O–H groups in total. The van der Waals surface area contributed by atoms with Gasteiger partial charge in [0.25, 0.3) is 0 Å². The van der Waals surface area contributed by atoms with E-state index in [1.54, 1.807) is 24.3 Å². The number of ether oxygens (including phenoxy) is 1. The van der Waals surface area contributed by atoms with Gasteiger partial charge in [0.2, 0.25) is 5.91 Å². The number of β-amino-alcohol motifs (C(OH)–C–C–N with tert-alkyl or cyclic N) is 1. The zero-order valence-electron chi connectivity index (χ0n) is 14.8. The highest BCUT2D eigenvalue weighted by molar-refractivity contribution is 5.97. The number of nitrogens with one attached hydrogen (secondary N) is 1. The lowest BCUT2D eigenvalue weighted by atomic mass is 10.1. The van der Waals surface area contributed by atoms with Gasteiger partial charge in [0.15, 0.2) is 0 Å². The lowest BCUT2D eigenvalue weighted by Crippen LogP contribution is -2.44. The molecule has 3 rings (SSSR count). The topological polar surface area (TPSA) is 78.9 Å². The number of carbonyl (C=O) groups excluding carboxylic acids is 2. The lowest BCUT2D eigenvalue weighted by molar-refractivity contribution is -0.119. The number of para-hydroxylation sites is 1. The maximum Gasteiger partial charge on any atom is 0.416 e. The number of aryl methyl sites for hydroxylation is 2. The van der Waals surface area contributed by atoms with Crippen LogP contribution in [0, 0.1) is 13.8 Å². The molecule has 0 bridgehead atoms. The van der Waals surface area contributed by atoms with Gasteiger partial charge in [-0.2, -0.15) is 0 Å². The van der Waals surface area contributed by atoms with Gasteiger partial charge >= 0.3 is 6.09 Å². The summed E-state index contributed by atoms with van der Waals surface area (Å²) in [5.41, 5.74) is 2.73. The van der Waals surface area contributed by atoms with Gasteiger partial charge in [-0.15, -0.1) is 0 Å². The molecule has 2 aromatic carbocycles. The Morgan fingerprint density at radius 1 is 1.15 bits per heavy atom. The lowest BCUT2D eigenvalue weighted by Gasteiger charge is -2.23. The van der Waals surface area contributed by atoms with E-state index in [4.69, 9.17) is 4.74 Å². The molecule has 1 fully saturated rings. The highest BCUT2D eigenvalue weighted by Crippen LogP contribution is 2.23. The number of aliphatic hydroxyl groups excluding tert-OH is 1. The molecule has 1 aliphatic heterocycles. The zero-order chi connectivity index (χ0) is 18.7. The molecular formula is C20H22N2O4. The molecule has 26 heavy (non-hydrogen) atoms. The summed E-state index contributed by atoms with van der Waals surface area (Å²) >= 11 is 0. The minimum absolute atomic E-state index is 0.0661. The summed E-state index contributed by atoms with van der Waals surface area (Å²) < 4.78 is 5.31. The molecule has 0 spiro atoms. The van der Waals surface area contributed by atoms with E-state index in [0.717, 1.165) is 11.1 Å². The first kappa shape index (κ1) is 17.9. The molecule has 1 saturated heterocycles. The molecule has 0 radical (unpaired) electrons. The third-order valence-electron chi connectivity index (χ3n) is 4.40. The Kier molecular flexibility index (Phi) is 5.23. The quantitative estimate of drug-likeness (QED) is 0.888. The number of benzene rings is 2. The predicted octanol–water partition coefficient (Wildman–Crippen LogP) is 2.88. The first-order valence-electron chi connectivity index (χ1n) is 8.53. The summed E-state index contributed by atoms with van der Waals surface area (Å²) in [5.74, 6) is 0.0611. The standard InChI is InChI=1S/C20H22N2O4/c1-13-8-9-17(14(2)10-13)21-19(24)18-11-15(23)12-22(18)20(25)26-16-6-4-3-5-7-16/h3-10,15,18,23H,11-12H2,1-2H3,(H,21,24)/t15-,18+/m1/s1. The summed E-state index contributed by atoms with van der Waals surface area (Å²) in [6, 6.07) is 13.6. The van der Waals surface area contributed by atoms with Crippen molar-refractivity contribution in [3.05, 3.63) is 59.7 Å². The number of rotatable bonds is 3. The van der Waals surface area contributed by atoms with E-state index in [9.17, 15) is 14.7 Å². The molecule has 0 unspecified atom stereocenters. The van der Waals surface area contributed by atoms with Crippen molar-refractivity contribution in [3.63, 3.8) is 0 Å². The second-order valence-corrected chi connectivity index (χ2v) is 6.55. The maximum atomic E-state index is 12.7. The van der Waals surface area contributed by atoms with Gasteiger partial charge in [-0.1, -0.05) is 35.9 Å². The van der Waals surface area contributed by atoms with Crippen LogP contribution in [0.3, 0.4) is 0 Å². The largest absolute Gasteiger partial charge is 0.416 e. The average Bonchev–Trinajstić information content (AvgIpc) is 3.00. The van der Waals surface area contributed by atoms with Crippen LogP contribution in [0.25, 0.3) is 0 Å². The van der Waals surface area contributed by atoms with Crippen LogP contribution in [0.5, 0.6) is 5.75 Å². The van der Waals surface area contributed by atoms with E-state index in [0.29, 0.717) is 11.4 Å². The van der Waals surface area contributed by atoms with Gasteiger partial charge in [-0.3, -0.25) is 9.69 Å². The Balaban J connectivity index is 1.72. The minimum Gasteiger partial charge on any atom is -0.410 e. The molecule has 0 aromatic heterocycles. The molecular weight excluding hydrogens is 332 g/mol. The summed E-state index contributed by atoms with van der Waals surface area (Å²) in [7, 11) is 0. The predicted molar refractivity (Wildman–Crippen MR) is 98.1 cm³/mol. The molecule has 1 aliphatic rings. The summed E-state index contributed by atoms with van der Waals surface area (Å²) in [4.78, 5) is 26.4. The van der Waals surface area contributed by atoms with Crippen molar-refractivity contribution in [2.75, 3.05) is 11.9 Å². The van der Waals surface area contributed by atoms with Crippen LogP contribution in [0.1, 0.15) is 17.5 Å². The van der Waals surface area contributed by atoms with Gasteiger partial charge in [0.1, 0.15) is 11.8 Å². The maximum absolute atomic E-state index is 12.7. The van der Waals surface area contributed by atoms with Crippen molar-refractivity contribution in [1.29, 1.82) is 0 Å². The summed E-state index contributed by atoms with van der Waals surface area (Å²) in [5, 5.41) is 12.8. The molecule has 1 heterocycles. The smallest absolute Gasteiger partial charge is 0.410 e. The number of aliphatic hydroxyl groups is 1. The molecule has 0 aliphatic carbocycles. The summed E-state index contributed by atoms with van der Waals surface area (Å²) in [6.45, 7) is 3.96. The number of likely N-dealkylation sites (tertiary alicyclic amines) is 1. The fourth-order valence-electron chi connectivity index (χ4n) is 3.08. The van der Waals surface area contributed by atoms with Gasteiger partial charge in [0.05, 0.1) is 12.6 Å². The number of anilines is 1. The second kappa shape index (κ2) is 7.58. The highest BCUT2D eigenvalue weighted by atomic mass is 16.6. The molecule has 0 saturated carbocycles. The van der Waals surface area contributed by atoms with Crippen LogP contribution in [-0.4, -0.2) is 40.7 Å². The van der Waals surface area contributed by atoms with Crippen LogP contribution >= 0.6 is 0 Å². The van der Waals surface area contributed by atoms with E-state index in [-0.39, 0.29) is 18.9 Å². The van der Waals surface area contributed by atoms with Crippen LogP contribution in [0.15, 0.2) is 48.5 Å². The van der Waals surface area contributed by atoms with Gasteiger partial charge in [0, 0.05) is 12.1 Å². The Hall–Kier alpha value is -2.86. The van der Waals surface area contributed by atoms with Gasteiger partial charge < -0.3 is 15.2 Å². The number of amides is 2. The number of hydrogen-bond donors (Lipinski definition) is 2.